The van der Waals surface area contributed by atoms with E-state index in [-0.39, 0.29) is 4.32 Å². The molecule has 0 atom stereocenters. The molecule has 4 nitrogen and oxygen atoms in total. The monoisotopic (exact) mass is 508 g/mol. The molecule has 1 aliphatic rings. The van der Waals surface area contributed by atoms with Gasteiger partial charge in [-0.2, -0.15) is 0 Å². The lowest BCUT2D eigenvalue weighted by atomic mass is 10.3. The Balaban J connectivity index is 0.00000161. The third-order valence-corrected chi connectivity index (χ3v) is 14.9. The first kappa shape index (κ1) is 30.6. The van der Waals surface area contributed by atoms with Gasteiger partial charge in [0.15, 0.2) is 4.32 Å². The van der Waals surface area contributed by atoms with Crippen molar-refractivity contribution in [2.24, 2.45) is 0 Å². The minimum Gasteiger partial charge on any atom is -0.465 e. The lowest BCUT2D eigenvalue weighted by Crippen LogP contribution is -2.17. The average molecular weight is 508 g/mol. The summed E-state index contributed by atoms with van der Waals surface area (Å²) in [6.07, 6.45) is 11.0. The Morgan fingerprint density at radius 2 is 1.10 bits per heavy atom. The highest BCUT2D eigenvalue weighted by Crippen LogP contribution is 2.74. The first-order valence-electron chi connectivity index (χ1n) is 10.5. The summed E-state index contributed by atoms with van der Waals surface area (Å²) in [5, 5.41) is 0. The number of ether oxygens (including phenoxy) is 2. The van der Waals surface area contributed by atoms with E-state index in [1.807, 2.05) is 0 Å². The fourth-order valence-electron chi connectivity index (χ4n) is 3.09. The van der Waals surface area contributed by atoms with Crippen molar-refractivity contribution in [1.29, 1.82) is 0 Å². The second-order valence-corrected chi connectivity index (χ2v) is 14.7. The lowest BCUT2D eigenvalue weighted by Gasteiger charge is -2.32. The highest BCUT2D eigenvalue weighted by atomic mass is 32.2. The van der Waals surface area contributed by atoms with Crippen molar-refractivity contribution >= 4 is 50.0 Å². The summed E-state index contributed by atoms with van der Waals surface area (Å²) < 4.78 is 49.1. The normalized spacial score (nSPS) is 14.9. The van der Waals surface area contributed by atoms with Crippen LogP contribution < -0.4 is 0 Å². The minimum atomic E-state index is -6.00. The van der Waals surface area contributed by atoms with E-state index in [0.717, 1.165) is 0 Å². The first-order valence-corrected chi connectivity index (χ1v) is 14.6. The van der Waals surface area contributed by atoms with Gasteiger partial charge in [-0.25, -0.2) is 9.59 Å². The lowest BCUT2D eigenvalue weighted by molar-refractivity contribution is -0.138. The van der Waals surface area contributed by atoms with Gasteiger partial charge >= 0.3 is 19.2 Å². The van der Waals surface area contributed by atoms with Crippen molar-refractivity contribution < 1.29 is 36.3 Å². The Morgan fingerprint density at radius 3 is 1.32 bits per heavy atom. The minimum absolute atomic E-state index is 0.273. The van der Waals surface area contributed by atoms with Gasteiger partial charge in [-0.1, -0.05) is 63.6 Å². The second kappa shape index (κ2) is 15.4. The molecule has 0 radical (unpaired) electrons. The molecule has 0 unspecified atom stereocenters. The highest BCUT2D eigenvalue weighted by Gasteiger charge is 2.51. The van der Waals surface area contributed by atoms with Crippen LogP contribution in [0.1, 0.15) is 59.3 Å². The third kappa shape index (κ3) is 11.3. The molecular weight excluding hydrogens is 474 g/mol. The summed E-state index contributed by atoms with van der Waals surface area (Å²) in [5.41, 5.74) is 0. The van der Waals surface area contributed by atoms with Crippen molar-refractivity contribution in [3.8, 4) is 0 Å². The molecule has 31 heavy (non-hydrogen) atoms. The molecule has 12 heteroatoms. The zero-order valence-corrected chi connectivity index (χ0v) is 21.5. The number of unbranched alkanes of at least 4 members (excludes halogenated alkanes) is 3. The summed E-state index contributed by atoms with van der Waals surface area (Å²) in [6.45, 7) is 6.71. The fourth-order valence-corrected chi connectivity index (χ4v) is 13.8. The molecule has 0 amide bonds. The molecule has 1 heterocycles. The van der Waals surface area contributed by atoms with Crippen LogP contribution in [-0.4, -0.2) is 56.2 Å². The topological polar surface area (TPSA) is 52.6 Å². The van der Waals surface area contributed by atoms with Crippen LogP contribution in [0.4, 0.5) is 17.3 Å². The molecule has 0 aromatic rings. The van der Waals surface area contributed by atoms with Crippen LogP contribution in [-0.2, 0) is 19.1 Å². The number of methoxy groups -OCH3 is 2. The molecule has 0 aliphatic carbocycles. The second-order valence-electron chi connectivity index (χ2n) is 7.13. The summed E-state index contributed by atoms with van der Waals surface area (Å²) >= 11 is 3.14. The van der Waals surface area contributed by atoms with Crippen LogP contribution in [0.15, 0.2) is 9.81 Å². The van der Waals surface area contributed by atoms with Crippen molar-refractivity contribution in [3.63, 3.8) is 0 Å². The number of carbonyl (C=O) groups is 2. The van der Waals surface area contributed by atoms with Crippen LogP contribution in [0, 0.1) is 0 Å². The number of thioether (sulfide) groups is 2. The summed E-state index contributed by atoms with van der Waals surface area (Å²) in [5.74, 6) is -0.824. The number of carbonyl (C=O) groups excluding carboxylic acids is 2. The Kier molecular flexibility index (Phi) is 15.2. The van der Waals surface area contributed by atoms with Crippen molar-refractivity contribution in [1.82, 2.24) is 0 Å². The van der Waals surface area contributed by atoms with E-state index in [0.29, 0.717) is 9.81 Å². The maximum atomic E-state index is 12.2. The van der Waals surface area contributed by atoms with Gasteiger partial charge in [0, 0.05) is 7.26 Å². The third-order valence-electron chi connectivity index (χ3n) is 4.70. The Bertz CT molecular complexity index is 550. The maximum absolute atomic E-state index is 12.2. The van der Waals surface area contributed by atoms with Crippen molar-refractivity contribution in [3.05, 3.63) is 9.81 Å². The smallest absolute Gasteiger partial charge is 0.465 e. The maximum Gasteiger partial charge on any atom is 0.673 e. The van der Waals surface area contributed by atoms with Crippen LogP contribution in [0.5, 0.6) is 0 Å². The van der Waals surface area contributed by atoms with Crippen molar-refractivity contribution in [2.45, 2.75) is 63.6 Å². The first-order chi connectivity index (χ1) is 14.5. The molecule has 1 rings (SSSR count). The van der Waals surface area contributed by atoms with Gasteiger partial charge in [0.1, 0.15) is 9.81 Å². The quantitative estimate of drug-likeness (QED) is 0.122. The van der Waals surface area contributed by atoms with E-state index in [1.165, 1.54) is 71.2 Å². The van der Waals surface area contributed by atoms with Gasteiger partial charge in [-0.05, 0) is 19.3 Å². The molecule has 0 saturated heterocycles. The molecular formula is C19H34BF4O4PS2. The summed E-state index contributed by atoms with van der Waals surface area (Å²) in [7, 11) is -4.56. The largest absolute Gasteiger partial charge is 0.673 e. The molecule has 0 spiro atoms. The molecule has 0 saturated carbocycles. The van der Waals surface area contributed by atoms with Crippen LogP contribution in [0.2, 0.25) is 0 Å². The molecule has 0 N–H and O–H groups in total. The van der Waals surface area contributed by atoms with Gasteiger partial charge in [0.25, 0.3) is 0 Å². The number of halogens is 4. The van der Waals surface area contributed by atoms with Crippen LogP contribution in [0.25, 0.3) is 0 Å². The van der Waals surface area contributed by atoms with Crippen LogP contribution in [0.3, 0.4) is 0 Å². The van der Waals surface area contributed by atoms with Gasteiger partial charge in [0.2, 0.25) is 0 Å². The summed E-state index contributed by atoms with van der Waals surface area (Å²) in [4.78, 5) is 25.4. The standard InChI is InChI=1S/C19H34O4PS2.BF4/c1-6-9-12-24(13-10-7-2,14-11-8-3)19-25-15(17(20)22-4)16(26-19)18(21)23-5;2-1(3,4)5/h19H,6-14H2,1-5H3;/q+1;-1. The number of esters is 2. The average Bonchev–Trinajstić information content (AvgIpc) is 3.17. The molecule has 1 aliphatic heterocycles. The van der Waals surface area contributed by atoms with E-state index in [1.54, 1.807) is 23.5 Å². The highest BCUT2D eigenvalue weighted by molar-refractivity contribution is 8.32. The Morgan fingerprint density at radius 1 is 0.806 bits per heavy atom. The predicted molar refractivity (Wildman–Crippen MR) is 126 cm³/mol. The fraction of sp³-hybridized carbons (Fsp3) is 0.789. The molecule has 0 bridgehead atoms. The number of hydrogen-bond donors (Lipinski definition) is 0. The van der Waals surface area contributed by atoms with Crippen molar-refractivity contribution in [2.75, 3.05) is 32.7 Å². The molecule has 0 aromatic heterocycles. The van der Waals surface area contributed by atoms with Crippen LogP contribution >= 0.6 is 30.8 Å². The van der Waals surface area contributed by atoms with Gasteiger partial charge in [0.05, 0.1) is 32.7 Å². The van der Waals surface area contributed by atoms with E-state index >= 15 is 0 Å². The Hall–Kier alpha value is -0.405. The predicted octanol–water partition coefficient (Wildman–Crippen LogP) is 7.03. The zero-order valence-electron chi connectivity index (χ0n) is 18.9. The number of rotatable bonds is 12. The van der Waals surface area contributed by atoms with E-state index in [9.17, 15) is 26.9 Å². The number of hydrogen-bond acceptors (Lipinski definition) is 6. The molecule has 0 fully saturated rings. The summed E-state index contributed by atoms with van der Waals surface area (Å²) in [6, 6.07) is 0. The van der Waals surface area contributed by atoms with E-state index in [4.69, 9.17) is 9.47 Å². The zero-order chi connectivity index (χ0) is 24.1. The van der Waals surface area contributed by atoms with Gasteiger partial charge in [-0.3, -0.25) is 0 Å². The van der Waals surface area contributed by atoms with E-state index < -0.39 is 26.5 Å². The van der Waals surface area contributed by atoms with E-state index in [2.05, 4.69) is 20.8 Å². The Labute approximate surface area is 192 Å². The molecule has 0 aromatic carbocycles. The molecule has 182 valence electrons. The SMILES string of the molecule is CCCC[P+](CCCC)(CCCC)C1SC(C(=O)OC)=C(C(=O)OC)S1.F[B-](F)(F)F. The van der Waals surface area contributed by atoms with Gasteiger partial charge < -0.3 is 26.7 Å². The van der Waals surface area contributed by atoms with Gasteiger partial charge in [-0.15, -0.1) is 0 Å².